The second kappa shape index (κ2) is 6.18. The summed E-state index contributed by atoms with van der Waals surface area (Å²) in [5.41, 5.74) is -0.504. The Morgan fingerprint density at radius 1 is 1.50 bits per heavy atom. The van der Waals surface area contributed by atoms with Crippen LogP contribution in [0.1, 0.15) is 25.5 Å². The number of halogens is 1. The zero-order valence-corrected chi connectivity index (χ0v) is 11.5. The van der Waals surface area contributed by atoms with Crippen LogP contribution < -0.4 is 5.32 Å². The summed E-state index contributed by atoms with van der Waals surface area (Å²) in [5, 5.41) is 13.6. The lowest BCUT2D eigenvalue weighted by molar-refractivity contribution is -0.160. The van der Waals surface area contributed by atoms with E-state index in [-0.39, 0.29) is 12.6 Å². The highest BCUT2D eigenvalue weighted by atomic mass is 35.5. The van der Waals surface area contributed by atoms with Crippen molar-refractivity contribution in [1.82, 2.24) is 5.32 Å². The Morgan fingerprint density at radius 2 is 2.06 bits per heavy atom. The first-order chi connectivity index (χ1) is 8.36. The summed E-state index contributed by atoms with van der Waals surface area (Å²) in [4.78, 5) is 11.3. The molecule has 2 N–H and O–H groups in total. The number of rotatable bonds is 5. The van der Waals surface area contributed by atoms with Gasteiger partial charge in [0.25, 0.3) is 0 Å². The van der Waals surface area contributed by atoms with E-state index < -0.39 is 11.6 Å². The topological polar surface area (TPSA) is 58.6 Å². The SMILES string of the molecule is COC(=O)C(C)(O)CN[C@@H](C)c1ccc(Cl)cc1. The van der Waals surface area contributed by atoms with Gasteiger partial charge in [0.2, 0.25) is 0 Å². The molecule has 0 heterocycles. The van der Waals surface area contributed by atoms with E-state index in [1.54, 1.807) is 12.1 Å². The molecule has 0 aromatic heterocycles. The van der Waals surface area contributed by atoms with Gasteiger partial charge in [0.05, 0.1) is 7.11 Å². The molecular weight excluding hydrogens is 254 g/mol. The van der Waals surface area contributed by atoms with Crippen molar-refractivity contribution in [2.75, 3.05) is 13.7 Å². The summed E-state index contributed by atoms with van der Waals surface area (Å²) in [6.45, 7) is 3.47. The molecule has 100 valence electrons. The molecule has 0 saturated carbocycles. The average Bonchev–Trinajstić information content (AvgIpc) is 2.35. The first kappa shape index (κ1) is 15.0. The maximum atomic E-state index is 11.3. The van der Waals surface area contributed by atoms with Gasteiger partial charge in [0.15, 0.2) is 5.60 Å². The van der Waals surface area contributed by atoms with Gasteiger partial charge in [0, 0.05) is 17.6 Å². The minimum absolute atomic E-state index is 0.00148. The number of aliphatic hydroxyl groups is 1. The highest BCUT2D eigenvalue weighted by Gasteiger charge is 2.31. The van der Waals surface area contributed by atoms with Crippen molar-refractivity contribution in [1.29, 1.82) is 0 Å². The van der Waals surface area contributed by atoms with Gasteiger partial charge >= 0.3 is 5.97 Å². The van der Waals surface area contributed by atoms with E-state index >= 15 is 0 Å². The lowest BCUT2D eigenvalue weighted by Gasteiger charge is -2.23. The van der Waals surface area contributed by atoms with E-state index in [1.165, 1.54) is 14.0 Å². The number of hydrogen-bond acceptors (Lipinski definition) is 4. The Hall–Kier alpha value is -1.10. The molecule has 0 saturated heterocycles. The van der Waals surface area contributed by atoms with Crippen LogP contribution in [0, 0.1) is 0 Å². The summed E-state index contributed by atoms with van der Waals surface area (Å²) >= 11 is 5.80. The minimum atomic E-state index is -1.53. The number of carbonyl (C=O) groups excluding carboxylic acids is 1. The number of carbonyl (C=O) groups is 1. The lowest BCUT2D eigenvalue weighted by Crippen LogP contribution is -2.46. The molecule has 0 fully saturated rings. The van der Waals surface area contributed by atoms with Gasteiger partial charge in [-0.1, -0.05) is 23.7 Å². The highest BCUT2D eigenvalue weighted by Crippen LogP contribution is 2.16. The monoisotopic (exact) mass is 271 g/mol. The molecule has 0 bridgehead atoms. The molecule has 0 aliphatic rings. The molecule has 0 spiro atoms. The quantitative estimate of drug-likeness (QED) is 0.804. The number of hydrogen-bond donors (Lipinski definition) is 2. The molecule has 4 nitrogen and oxygen atoms in total. The number of nitrogens with one attached hydrogen (secondary N) is 1. The Kier molecular flexibility index (Phi) is 5.14. The average molecular weight is 272 g/mol. The maximum Gasteiger partial charge on any atom is 0.338 e. The third kappa shape index (κ3) is 3.98. The van der Waals surface area contributed by atoms with Gasteiger partial charge < -0.3 is 15.2 Å². The van der Waals surface area contributed by atoms with Crippen LogP contribution in [0.15, 0.2) is 24.3 Å². The minimum Gasteiger partial charge on any atom is -0.467 e. The van der Waals surface area contributed by atoms with Crippen LogP contribution in [0.2, 0.25) is 5.02 Å². The first-order valence-electron chi connectivity index (χ1n) is 5.66. The van der Waals surface area contributed by atoms with Crippen LogP contribution in [0.3, 0.4) is 0 Å². The van der Waals surface area contributed by atoms with Crippen molar-refractivity contribution >= 4 is 17.6 Å². The van der Waals surface area contributed by atoms with E-state index in [4.69, 9.17) is 11.6 Å². The Bertz CT molecular complexity index is 403. The number of esters is 1. The van der Waals surface area contributed by atoms with Crippen LogP contribution in [-0.2, 0) is 9.53 Å². The van der Waals surface area contributed by atoms with Crippen molar-refractivity contribution in [2.45, 2.75) is 25.5 Å². The van der Waals surface area contributed by atoms with Crippen molar-refractivity contribution in [2.24, 2.45) is 0 Å². The Balaban J connectivity index is 2.58. The summed E-state index contributed by atoms with van der Waals surface area (Å²) in [6.07, 6.45) is 0. The number of benzene rings is 1. The lowest BCUT2D eigenvalue weighted by atomic mass is 10.0. The van der Waals surface area contributed by atoms with Gasteiger partial charge in [-0.25, -0.2) is 4.79 Å². The Labute approximate surface area is 112 Å². The molecule has 0 aliphatic heterocycles. The summed E-state index contributed by atoms with van der Waals surface area (Å²) < 4.78 is 4.52. The van der Waals surface area contributed by atoms with Crippen LogP contribution in [0.4, 0.5) is 0 Å². The fourth-order valence-electron chi connectivity index (χ4n) is 1.51. The largest absolute Gasteiger partial charge is 0.467 e. The molecule has 0 aliphatic carbocycles. The second-order valence-corrected chi connectivity index (χ2v) is 4.86. The number of ether oxygens (including phenoxy) is 1. The van der Waals surface area contributed by atoms with Crippen LogP contribution in [0.5, 0.6) is 0 Å². The van der Waals surface area contributed by atoms with Crippen molar-refractivity contribution < 1.29 is 14.6 Å². The smallest absolute Gasteiger partial charge is 0.338 e. The summed E-state index contributed by atoms with van der Waals surface area (Å²) in [5.74, 6) is -0.654. The van der Waals surface area contributed by atoms with E-state index in [2.05, 4.69) is 10.1 Å². The molecule has 1 aromatic rings. The Morgan fingerprint density at radius 3 is 2.56 bits per heavy atom. The predicted molar refractivity (Wildman–Crippen MR) is 70.5 cm³/mol. The van der Waals surface area contributed by atoms with Gasteiger partial charge in [0.1, 0.15) is 0 Å². The van der Waals surface area contributed by atoms with Crippen molar-refractivity contribution in [3.05, 3.63) is 34.9 Å². The summed E-state index contributed by atoms with van der Waals surface area (Å²) in [6, 6.07) is 7.39. The van der Waals surface area contributed by atoms with Crippen LogP contribution in [-0.4, -0.2) is 30.3 Å². The zero-order chi connectivity index (χ0) is 13.8. The molecule has 2 atom stereocenters. The molecule has 5 heteroatoms. The molecule has 0 radical (unpaired) electrons. The maximum absolute atomic E-state index is 11.3. The van der Waals surface area contributed by atoms with Gasteiger partial charge in [-0.15, -0.1) is 0 Å². The fraction of sp³-hybridized carbons (Fsp3) is 0.462. The van der Waals surface area contributed by atoms with Crippen molar-refractivity contribution in [3.8, 4) is 0 Å². The normalized spacial score (nSPS) is 15.8. The molecular formula is C13H18ClNO3. The van der Waals surface area contributed by atoms with Crippen molar-refractivity contribution in [3.63, 3.8) is 0 Å². The van der Waals surface area contributed by atoms with E-state index in [9.17, 15) is 9.90 Å². The first-order valence-corrected chi connectivity index (χ1v) is 6.04. The fourth-order valence-corrected chi connectivity index (χ4v) is 1.64. The highest BCUT2D eigenvalue weighted by molar-refractivity contribution is 6.30. The van der Waals surface area contributed by atoms with Gasteiger partial charge in [-0.05, 0) is 31.5 Å². The number of methoxy groups -OCH3 is 1. The molecule has 0 amide bonds. The molecule has 1 unspecified atom stereocenters. The predicted octanol–water partition coefficient (Wildman–Crippen LogP) is 1.91. The van der Waals surface area contributed by atoms with E-state index in [0.717, 1.165) is 5.56 Å². The third-order valence-corrected chi connectivity index (χ3v) is 3.00. The van der Waals surface area contributed by atoms with Gasteiger partial charge in [-0.3, -0.25) is 0 Å². The van der Waals surface area contributed by atoms with E-state index in [0.29, 0.717) is 5.02 Å². The second-order valence-electron chi connectivity index (χ2n) is 4.42. The van der Waals surface area contributed by atoms with Crippen LogP contribution in [0.25, 0.3) is 0 Å². The summed E-state index contributed by atoms with van der Waals surface area (Å²) in [7, 11) is 1.25. The molecule has 18 heavy (non-hydrogen) atoms. The molecule has 1 aromatic carbocycles. The molecule has 1 rings (SSSR count). The standard InChI is InChI=1S/C13H18ClNO3/c1-9(10-4-6-11(14)7-5-10)15-8-13(2,17)12(16)18-3/h4-7,9,15,17H,8H2,1-3H3/t9-,13?/m0/s1. The zero-order valence-electron chi connectivity index (χ0n) is 10.7. The third-order valence-electron chi connectivity index (χ3n) is 2.75. The van der Waals surface area contributed by atoms with Crippen LogP contribution >= 0.6 is 11.6 Å². The van der Waals surface area contributed by atoms with Gasteiger partial charge in [-0.2, -0.15) is 0 Å². The van der Waals surface area contributed by atoms with E-state index in [1.807, 2.05) is 19.1 Å².